The Morgan fingerprint density at radius 2 is 1.23 bits per heavy atom. The number of benzene rings is 5. The van der Waals surface area contributed by atoms with Gasteiger partial charge in [-0.05, 0) is 87.2 Å². The summed E-state index contributed by atoms with van der Waals surface area (Å²) in [4.78, 5) is 0. The molecule has 0 spiro atoms. The third kappa shape index (κ3) is 5.21. The summed E-state index contributed by atoms with van der Waals surface area (Å²) < 4.78 is 1.08. The van der Waals surface area contributed by atoms with Crippen molar-refractivity contribution in [3.05, 3.63) is 149 Å². The maximum absolute atomic E-state index is 4.56. The standard InChI is InChI=1S/C34H27Br/c1-24-9-6-7-14-32(24)33-20-19-30(29-12-8-13-31(35)22-29)23-34(33)25(2)21-26-15-17-28(18-16-26)27-10-4-3-5-11-27/h3-20,22-23H,2,21H2,1H3. The first kappa shape index (κ1) is 23.1. The summed E-state index contributed by atoms with van der Waals surface area (Å²) in [7, 11) is 0. The molecule has 0 unspecified atom stereocenters. The van der Waals surface area contributed by atoms with Crippen LogP contribution in [0.25, 0.3) is 39.0 Å². The zero-order valence-electron chi connectivity index (χ0n) is 19.8. The van der Waals surface area contributed by atoms with Gasteiger partial charge in [0.05, 0.1) is 0 Å². The van der Waals surface area contributed by atoms with Crippen LogP contribution in [0.4, 0.5) is 0 Å². The van der Waals surface area contributed by atoms with Gasteiger partial charge < -0.3 is 0 Å². The normalized spacial score (nSPS) is 10.8. The van der Waals surface area contributed by atoms with Crippen molar-refractivity contribution in [2.24, 2.45) is 0 Å². The molecular weight excluding hydrogens is 488 g/mol. The second kappa shape index (κ2) is 10.3. The molecule has 5 aromatic rings. The lowest BCUT2D eigenvalue weighted by molar-refractivity contribution is 1.28. The van der Waals surface area contributed by atoms with Crippen LogP contribution >= 0.6 is 15.9 Å². The van der Waals surface area contributed by atoms with Crippen molar-refractivity contribution < 1.29 is 0 Å². The first-order chi connectivity index (χ1) is 17.1. The fourth-order valence-electron chi connectivity index (χ4n) is 4.58. The van der Waals surface area contributed by atoms with Crippen molar-refractivity contribution in [3.8, 4) is 33.4 Å². The van der Waals surface area contributed by atoms with Crippen LogP contribution in [0.3, 0.4) is 0 Å². The van der Waals surface area contributed by atoms with Crippen LogP contribution in [0.2, 0.25) is 0 Å². The van der Waals surface area contributed by atoms with Crippen LogP contribution in [-0.2, 0) is 6.42 Å². The fraction of sp³-hybridized carbons (Fsp3) is 0.0588. The highest BCUT2D eigenvalue weighted by atomic mass is 79.9. The predicted molar refractivity (Wildman–Crippen MR) is 154 cm³/mol. The Kier molecular flexibility index (Phi) is 6.79. The van der Waals surface area contributed by atoms with E-state index in [-0.39, 0.29) is 0 Å². The van der Waals surface area contributed by atoms with Crippen LogP contribution in [0, 0.1) is 6.92 Å². The molecule has 0 fully saturated rings. The first-order valence-corrected chi connectivity index (χ1v) is 12.7. The summed E-state index contributed by atoms with van der Waals surface area (Å²) in [6, 6.07) is 43.2. The number of aryl methyl sites for hydroxylation is 1. The average molecular weight is 515 g/mol. The van der Waals surface area contributed by atoms with Gasteiger partial charge in [0.15, 0.2) is 0 Å². The highest BCUT2D eigenvalue weighted by Gasteiger charge is 2.13. The maximum Gasteiger partial charge on any atom is 0.0181 e. The molecule has 0 heterocycles. The van der Waals surface area contributed by atoms with E-state index in [1.807, 2.05) is 0 Å². The van der Waals surface area contributed by atoms with Gasteiger partial charge in [-0.15, -0.1) is 0 Å². The van der Waals surface area contributed by atoms with E-state index in [0.29, 0.717) is 0 Å². The molecule has 0 N–H and O–H groups in total. The van der Waals surface area contributed by atoms with Crippen LogP contribution in [0.5, 0.6) is 0 Å². The Hall–Kier alpha value is -3.68. The van der Waals surface area contributed by atoms with Crippen LogP contribution in [0.1, 0.15) is 16.7 Å². The molecule has 0 saturated heterocycles. The summed E-state index contributed by atoms with van der Waals surface area (Å²) in [6.07, 6.45) is 0.801. The van der Waals surface area contributed by atoms with Gasteiger partial charge in [0.25, 0.3) is 0 Å². The topological polar surface area (TPSA) is 0 Å². The number of hydrogen-bond donors (Lipinski definition) is 0. The van der Waals surface area contributed by atoms with Gasteiger partial charge in [0.1, 0.15) is 0 Å². The second-order valence-electron chi connectivity index (χ2n) is 8.93. The number of allylic oxidation sites excluding steroid dienone is 1. The molecule has 0 radical (unpaired) electrons. The van der Waals surface area contributed by atoms with Crippen LogP contribution in [0.15, 0.2) is 132 Å². The average Bonchev–Trinajstić information content (AvgIpc) is 2.90. The lowest BCUT2D eigenvalue weighted by Gasteiger charge is -2.17. The van der Waals surface area contributed by atoms with Crippen molar-refractivity contribution >= 4 is 21.5 Å². The molecule has 0 aliphatic rings. The number of hydrogen-bond acceptors (Lipinski definition) is 0. The van der Waals surface area contributed by atoms with Gasteiger partial charge in [0.2, 0.25) is 0 Å². The van der Waals surface area contributed by atoms with Gasteiger partial charge in [-0.25, -0.2) is 0 Å². The van der Waals surface area contributed by atoms with Crippen molar-refractivity contribution in [2.45, 2.75) is 13.3 Å². The smallest absolute Gasteiger partial charge is 0.0181 e. The molecule has 5 aromatic carbocycles. The molecule has 0 aliphatic heterocycles. The third-order valence-electron chi connectivity index (χ3n) is 6.47. The Balaban J connectivity index is 1.51. The van der Waals surface area contributed by atoms with E-state index in [1.165, 1.54) is 50.1 Å². The molecule has 0 amide bonds. The lowest BCUT2D eigenvalue weighted by Crippen LogP contribution is -1.96. The SMILES string of the molecule is C=C(Cc1ccc(-c2ccccc2)cc1)c1cc(-c2cccc(Br)c2)ccc1-c1ccccc1C. The molecule has 1 heteroatoms. The van der Waals surface area contributed by atoms with Crippen molar-refractivity contribution in [1.29, 1.82) is 0 Å². The largest absolute Gasteiger partial charge is 0.0949 e. The Morgan fingerprint density at radius 3 is 1.97 bits per heavy atom. The summed E-state index contributed by atoms with van der Waals surface area (Å²) >= 11 is 3.62. The Labute approximate surface area is 216 Å². The fourth-order valence-corrected chi connectivity index (χ4v) is 4.98. The lowest BCUT2D eigenvalue weighted by atomic mass is 9.87. The van der Waals surface area contributed by atoms with Gasteiger partial charge in [-0.3, -0.25) is 0 Å². The molecule has 0 aliphatic carbocycles. The third-order valence-corrected chi connectivity index (χ3v) is 6.97. The highest BCUT2D eigenvalue weighted by molar-refractivity contribution is 9.10. The summed E-state index contributed by atoms with van der Waals surface area (Å²) in [5.74, 6) is 0. The van der Waals surface area contributed by atoms with E-state index >= 15 is 0 Å². The van der Waals surface area contributed by atoms with E-state index in [0.717, 1.165) is 16.5 Å². The minimum atomic E-state index is 0.801. The minimum Gasteiger partial charge on any atom is -0.0949 e. The number of halogens is 1. The molecule has 170 valence electrons. The van der Waals surface area contributed by atoms with Gasteiger partial charge in [-0.1, -0.05) is 126 Å². The summed E-state index contributed by atoms with van der Waals surface area (Å²) in [5, 5.41) is 0. The van der Waals surface area contributed by atoms with E-state index in [2.05, 4.69) is 151 Å². The Morgan fingerprint density at radius 1 is 0.600 bits per heavy atom. The van der Waals surface area contributed by atoms with Crippen molar-refractivity contribution in [1.82, 2.24) is 0 Å². The van der Waals surface area contributed by atoms with Crippen molar-refractivity contribution in [3.63, 3.8) is 0 Å². The van der Waals surface area contributed by atoms with Crippen LogP contribution < -0.4 is 0 Å². The predicted octanol–water partition coefficient (Wildman–Crippen LogP) is 10.0. The van der Waals surface area contributed by atoms with Crippen molar-refractivity contribution in [2.75, 3.05) is 0 Å². The molecule has 0 aromatic heterocycles. The molecule has 0 bridgehead atoms. The number of rotatable bonds is 6. The van der Waals surface area contributed by atoms with Crippen LogP contribution in [-0.4, -0.2) is 0 Å². The molecule has 0 atom stereocenters. The quantitative estimate of drug-likeness (QED) is 0.211. The van der Waals surface area contributed by atoms with E-state index in [9.17, 15) is 0 Å². The Bertz CT molecular complexity index is 1480. The minimum absolute atomic E-state index is 0.801. The summed E-state index contributed by atoms with van der Waals surface area (Å²) in [5.41, 5.74) is 12.2. The second-order valence-corrected chi connectivity index (χ2v) is 9.84. The first-order valence-electron chi connectivity index (χ1n) is 11.9. The summed E-state index contributed by atoms with van der Waals surface area (Å²) in [6.45, 7) is 6.73. The van der Waals surface area contributed by atoms with E-state index < -0.39 is 0 Å². The van der Waals surface area contributed by atoms with Gasteiger partial charge in [-0.2, -0.15) is 0 Å². The molecule has 5 rings (SSSR count). The van der Waals surface area contributed by atoms with E-state index in [4.69, 9.17) is 0 Å². The monoisotopic (exact) mass is 514 g/mol. The van der Waals surface area contributed by atoms with E-state index in [1.54, 1.807) is 0 Å². The van der Waals surface area contributed by atoms with Gasteiger partial charge in [0, 0.05) is 4.47 Å². The molecule has 0 saturated carbocycles. The zero-order valence-corrected chi connectivity index (χ0v) is 21.4. The highest BCUT2D eigenvalue weighted by Crippen LogP contribution is 2.36. The maximum atomic E-state index is 4.56. The molecule has 0 nitrogen and oxygen atoms in total. The molecular formula is C34H27Br. The molecule has 35 heavy (non-hydrogen) atoms. The zero-order chi connectivity index (χ0) is 24.2. The van der Waals surface area contributed by atoms with Gasteiger partial charge >= 0.3 is 0 Å².